The second-order valence-electron chi connectivity index (χ2n) is 4.99. The normalized spacial score (nSPS) is 11.2. The zero-order chi connectivity index (χ0) is 16.2. The molecule has 2 aromatic rings. The highest BCUT2D eigenvalue weighted by molar-refractivity contribution is 7.90. The van der Waals surface area contributed by atoms with Gasteiger partial charge in [-0.15, -0.1) is 0 Å². The monoisotopic (exact) mass is 318 g/mol. The lowest BCUT2D eigenvalue weighted by Gasteiger charge is -2.06. The minimum atomic E-state index is -3.39. The van der Waals surface area contributed by atoms with E-state index in [9.17, 15) is 13.2 Å². The van der Waals surface area contributed by atoms with Crippen LogP contribution in [0.2, 0.25) is 0 Å². The summed E-state index contributed by atoms with van der Waals surface area (Å²) in [4.78, 5) is 11.9. The Labute approximate surface area is 130 Å². The predicted molar refractivity (Wildman–Crippen MR) is 84.5 cm³/mol. The second kappa shape index (κ2) is 6.75. The van der Waals surface area contributed by atoms with E-state index in [1.54, 1.807) is 55.5 Å². The molecule has 2 aromatic carbocycles. The molecule has 4 nitrogen and oxygen atoms in total. The first-order chi connectivity index (χ1) is 10.4. The molecule has 0 spiro atoms. The number of carbonyl (C=O) groups is 1. The van der Waals surface area contributed by atoms with E-state index in [2.05, 4.69) is 0 Å². The van der Waals surface area contributed by atoms with Crippen molar-refractivity contribution in [3.8, 4) is 0 Å². The van der Waals surface area contributed by atoms with Crippen LogP contribution in [0.4, 0.5) is 0 Å². The number of ether oxygens (including phenoxy) is 1. The van der Waals surface area contributed by atoms with Crippen LogP contribution in [-0.2, 0) is 20.3 Å². The van der Waals surface area contributed by atoms with Crippen molar-refractivity contribution >= 4 is 15.8 Å². The largest absolute Gasteiger partial charge is 0.462 e. The Balaban J connectivity index is 2.16. The molecule has 5 heteroatoms. The first-order valence-electron chi connectivity index (χ1n) is 6.98. The first kappa shape index (κ1) is 16.2. The summed E-state index contributed by atoms with van der Waals surface area (Å²) in [7, 11) is -3.39. The molecule has 22 heavy (non-hydrogen) atoms. The molecule has 0 aliphatic carbocycles. The third kappa shape index (κ3) is 3.95. The Morgan fingerprint density at radius 3 is 2.14 bits per heavy atom. The number of rotatable bonds is 5. The molecule has 0 amide bonds. The zero-order valence-electron chi connectivity index (χ0n) is 12.6. The minimum Gasteiger partial charge on any atom is -0.462 e. The summed E-state index contributed by atoms with van der Waals surface area (Å²) >= 11 is 0. The summed E-state index contributed by atoms with van der Waals surface area (Å²) in [5, 5.41) is 0. The zero-order valence-corrected chi connectivity index (χ0v) is 13.4. The molecule has 2 rings (SSSR count). The third-order valence-electron chi connectivity index (χ3n) is 3.20. The standard InChI is InChI=1S/C17H18O4S/c1-3-21-17(18)15-8-6-14(7-9-15)12-22(19,20)16-10-4-13(2)5-11-16/h4-11H,3,12H2,1-2H3. The van der Waals surface area contributed by atoms with E-state index in [-0.39, 0.29) is 5.75 Å². The van der Waals surface area contributed by atoms with Crippen LogP contribution in [0.15, 0.2) is 53.4 Å². The molecule has 0 saturated heterocycles. The maximum atomic E-state index is 12.3. The minimum absolute atomic E-state index is 0.0980. The summed E-state index contributed by atoms with van der Waals surface area (Å²) in [5.74, 6) is -0.505. The average molecular weight is 318 g/mol. The molecule has 0 aromatic heterocycles. The van der Waals surface area contributed by atoms with Gasteiger partial charge in [0.25, 0.3) is 0 Å². The van der Waals surface area contributed by atoms with Crippen LogP contribution < -0.4 is 0 Å². The fourth-order valence-corrected chi connectivity index (χ4v) is 3.35. The lowest BCUT2D eigenvalue weighted by Crippen LogP contribution is -2.07. The Bertz CT molecular complexity index is 744. The molecular weight excluding hydrogens is 300 g/mol. The molecule has 0 aliphatic rings. The number of carbonyl (C=O) groups excluding carboxylic acids is 1. The van der Waals surface area contributed by atoms with Crippen molar-refractivity contribution in [2.45, 2.75) is 24.5 Å². The van der Waals surface area contributed by atoms with E-state index >= 15 is 0 Å². The SMILES string of the molecule is CCOC(=O)c1ccc(CS(=O)(=O)c2ccc(C)cc2)cc1. The van der Waals surface area contributed by atoms with Gasteiger partial charge in [-0.05, 0) is 43.7 Å². The van der Waals surface area contributed by atoms with Crippen LogP contribution in [0, 0.1) is 6.92 Å². The topological polar surface area (TPSA) is 60.4 Å². The molecule has 0 unspecified atom stereocenters. The van der Waals surface area contributed by atoms with E-state index in [1.807, 2.05) is 6.92 Å². The molecule has 0 fully saturated rings. The molecule has 0 atom stereocenters. The van der Waals surface area contributed by atoms with E-state index < -0.39 is 15.8 Å². The van der Waals surface area contributed by atoms with E-state index in [0.717, 1.165) is 5.56 Å². The van der Waals surface area contributed by atoms with Crippen LogP contribution in [0.1, 0.15) is 28.4 Å². The predicted octanol–water partition coefficient (Wildman–Crippen LogP) is 3.15. The first-order valence-corrected chi connectivity index (χ1v) is 8.63. The average Bonchev–Trinajstić information content (AvgIpc) is 2.48. The molecule has 0 aliphatic heterocycles. The number of benzene rings is 2. The number of esters is 1. The Kier molecular flexibility index (Phi) is 4.98. The van der Waals surface area contributed by atoms with Crippen molar-refractivity contribution in [3.05, 3.63) is 65.2 Å². The van der Waals surface area contributed by atoms with Crippen LogP contribution in [-0.4, -0.2) is 21.0 Å². The van der Waals surface area contributed by atoms with Gasteiger partial charge in [-0.3, -0.25) is 0 Å². The number of sulfone groups is 1. The Morgan fingerprint density at radius 2 is 1.59 bits per heavy atom. The van der Waals surface area contributed by atoms with E-state index in [0.29, 0.717) is 22.6 Å². The molecule has 0 saturated carbocycles. The lowest BCUT2D eigenvalue weighted by atomic mass is 10.1. The van der Waals surface area contributed by atoms with Gasteiger partial charge in [0.1, 0.15) is 0 Å². The summed E-state index contributed by atoms with van der Waals surface area (Å²) in [5.41, 5.74) is 2.06. The van der Waals surface area contributed by atoms with Gasteiger partial charge in [-0.2, -0.15) is 0 Å². The molecular formula is C17H18O4S. The molecule has 0 N–H and O–H groups in total. The van der Waals surface area contributed by atoms with Crippen molar-refractivity contribution < 1.29 is 17.9 Å². The van der Waals surface area contributed by atoms with Crippen LogP contribution in [0.25, 0.3) is 0 Å². The van der Waals surface area contributed by atoms with Crippen molar-refractivity contribution in [2.75, 3.05) is 6.61 Å². The highest BCUT2D eigenvalue weighted by Crippen LogP contribution is 2.17. The molecule has 116 valence electrons. The molecule has 0 radical (unpaired) electrons. The van der Waals surface area contributed by atoms with Gasteiger partial charge in [0.2, 0.25) is 0 Å². The number of hydrogen-bond acceptors (Lipinski definition) is 4. The second-order valence-corrected chi connectivity index (χ2v) is 6.98. The van der Waals surface area contributed by atoms with Gasteiger partial charge >= 0.3 is 5.97 Å². The van der Waals surface area contributed by atoms with Gasteiger partial charge in [-0.1, -0.05) is 29.8 Å². The van der Waals surface area contributed by atoms with Gasteiger partial charge < -0.3 is 4.74 Å². The van der Waals surface area contributed by atoms with E-state index in [1.165, 1.54) is 0 Å². The van der Waals surface area contributed by atoms with Crippen LogP contribution in [0.3, 0.4) is 0 Å². The smallest absolute Gasteiger partial charge is 0.338 e. The van der Waals surface area contributed by atoms with Crippen LogP contribution >= 0.6 is 0 Å². The maximum Gasteiger partial charge on any atom is 0.338 e. The van der Waals surface area contributed by atoms with Crippen molar-refractivity contribution in [1.29, 1.82) is 0 Å². The van der Waals surface area contributed by atoms with Gasteiger partial charge in [0, 0.05) is 0 Å². The Morgan fingerprint density at radius 1 is 1.00 bits per heavy atom. The lowest BCUT2D eigenvalue weighted by molar-refractivity contribution is 0.0526. The molecule has 0 bridgehead atoms. The van der Waals surface area contributed by atoms with Crippen molar-refractivity contribution in [2.24, 2.45) is 0 Å². The highest BCUT2D eigenvalue weighted by atomic mass is 32.2. The Hall–Kier alpha value is -2.14. The van der Waals surface area contributed by atoms with Crippen molar-refractivity contribution in [3.63, 3.8) is 0 Å². The summed E-state index contributed by atoms with van der Waals surface area (Å²) < 4.78 is 29.6. The fraction of sp³-hybridized carbons (Fsp3) is 0.235. The summed E-state index contributed by atoms with van der Waals surface area (Å²) in [6.07, 6.45) is 0. The van der Waals surface area contributed by atoms with Gasteiger partial charge in [0.05, 0.1) is 22.8 Å². The number of aryl methyl sites for hydroxylation is 1. The van der Waals surface area contributed by atoms with Crippen LogP contribution in [0.5, 0.6) is 0 Å². The van der Waals surface area contributed by atoms with Gasteiger partial charge in [-0.25, -0.2) is 13.2 Å². The highest BCUT2D eigenvalue weighted by Gasteiger charge is 2.15. The molecule has 0 heterocycles. The fourth-order valence-electron chi connectivity index (χ4n) is 2.00. The number of hydrogen-bond donors (Lipinski definition) is 0. The maximum absolute atomic E-state index is 12.3. The third-order valence-corrected chi connectivity index (χ3v) is 4.91. The summed E-state index contributed by atoms with van der Waals surface area (Å²) in [6.45, 7) is 3.95. The quantitative estimate of drug-likeness (QED) is 0.795. The van der Waals surface area contributed by atoms with Gasteiger partial charge in [0.15, 0.2) is 9.84 Å². The van der Waals surface area contributed by atoms with E-state index in [4.69, 9.17) is 4.74 Å². The summed E-state index contributed by atoms with van der Waals surface area (Å²) in [6, 6.07) is 13.2. The van der Waals surface area contributed by atoms with Crippen molar-refractivity contribution in [1.82, 2.24) is 0 Å².